The highest BCUT2D eigenvalue weighted by atomic mass is 32.1. The first kappa shape index (κ1) is 16.1. The minimum atomic E-state index is -0.915. The van der Waals surface area contributed by atoms with Crippen molar-refractivity contribution in [2.24, 2.45) is 0 Å². The van der Waals surface area contributed by atoms with E-state index in [1.807, 2.05) is 17.6 Å². The lowest BCUT2D eigenvalue weighted by Crippen LogP contribution is -2.28. The highest BCUT2D eigenvalue weighted by Crippen LogP contribution is 2.30. The summed E-state index contributed by atoms with van der Waals surface area (Å²) in [5.41, 5.74) is 4.29. The number of aromatic amines is 1. The lowest BCUT2D eigenvalue weighted by molar-refractivity contribution is 0.0787. The maximum Gasteiger partial charge on any atom is 0.264 e. The molecule has 4 aromatic rings. The molecule has 0 spiro atoms. The summed E-state index contributed by atoms with van der Waals surface area (Å²) in [5, 5.41) is 13.0. The molecule has 1 aliphatic rings. The van der Waals surface area contributed by atoms with Gasteiger partial charge < -0.3 is 4.90 Å². The number of alkyl halides is 1. The van der Waals surface area contributed by atoms with Gasteiger partial charge in [0.25, 0.3) is 5.91 Å². The maximum absolute atomic E-state index is 13.4. The van der Waals surface area contributed by atoms with Crippen molar-refractivity contribution in [3.8, 4) is 22.3 Å². The molecule has 4 aromatic heterocycles. The van der Waals surface area contributed by atoms with Crippen LogP contribution in [0.4, 0.5) is 4.39 Å². The molecule has 1 fully saturated rings. The third-order valence-electron chi connectivity index (χ3n) is 4.73. The van der Waals surface area contributed by atoms with Crippen molar-refractivity contribution >= 4 is 22.9 Å². The molecular weight excluding hydrogens is 367 g/mol. The standard InChI is InChI=1S/C18H15FN6OS/c19-14-1-2-24(9-14)18(26)16-3-11(10-27-16)15-7-23-25-8-13(4-20-17(15)25)12-5-21-22-6-12/h3-8,10,14H,1-2,9H2,(H,21,22). The summed E-state index contributed by atoms with van der Waals surface area (Å²) in [7, 11) is 0. The predicted octanol–water partition coefficient (Wildman–Crippen LogP) is 3.03. The molecular formula is C18H15FN6OS. The van der Waals surface area contributed by atoms with E-state index in [-0.39, 0.29) is 12.5 Å². The van der Waals surface area contributed by atoms with Gasteiger partial charge in [-0.25, -0.2) is 13.9 Å². The number of carbonyl (C=O) groups excluding carboxylic acids is 1. The number of fused-ring (bicyclic) bond motifs is 1. The minimum absolute atomic E-state index is 0.113. The molecule has 0 aromatic carbocycles. The number of likely N-dealkylation sites (tertiary alicyclic amines) is 1. The number of aromatic nitrogens is 5. The molecule has 1 unspecified atom stereocenters. The molecule has 0 saturated carbocycles. The van der Waals surface area contributed by atoms with Crippen molar-refractivity contribution in [1.82, 2.24) is 29.7 Å². The molecule has 1 aliphatic heterocycles. The average Bonchev–Trinajstić information content (AvgIpc) is 3.45. The van der Waals surface area contributed by atoms with Crippen molar-refractivity contribution in [2.45, 2.75) is 12.6 Å². The third kappa shape index (κ3) is 2.80. The van der Waals surface area contributed by atoms with E-state index in [0.717, 1.165) is 22.3 Å². The molecule has 1 amide bonds. The molecule has 7 nitrogen and oxygen atoms in total. The lowest BCUT2D eigenvalue weighted by Gasteiger charge is -2.13. The van der Waals surface area contributed by atoms with E-state index in [2.05, 4.69) is 20.3 Å². The zero-order valence-corrected chi connectivity index (χ0v) is 15.0. The first-order chi connectivity index (χ1) is 13.2. The molecule has 1 atom stereocenters. The lowest BCUT2D eigenvalue weighted by atomic mass is 10.1. The van der Waals surface area contributed by atoms with Gasteiger partial charge >= 0.3 is 0 Å². The number of halogens is 1. The highest BCUT2D eigenvalue weighted by molar-refractivity contribution is 7.12. The van der Waals surface area contributed by atoms with Crippen LogP contribution in [0.2, 0.25) is 0 Å². The molecule has 1 N–H and O–H groups in total. The van der Waals surface area contributed by atoms with Gasteiger partial charge in [-0.15, -0.1) is 11.3 Å². The Balaban J connectivity index is 1.46. The van der Waals surface area contributed by atoms with Crippen molar-refractivity contribution in [3.05, 3.63) is 47.3 Å². The number of hydrogen-bond acceptors (Lipinski definition) is 5. The van der Waals surface area contributed by atoms with E-state index in [4.69, 9.17) is 0 Å². The molecule has 9 heteroatoms. The second kappa shape index (κ2) is 6.27. The van der Waals surface area contributed by atoms with E-state index in [1.54, 1.807) is 34.2 Å². The Hall–Kier alpha value is -3.07. The van der Waals surface area contributed by atoms with Crippen molar-refractivity contribution in [3.63, 3.8) is 0 Å². The van der Waals surface area contributed by atoms with Gasteiger partial charge in [-0.1, -0.05) is 0 Å². The van der Waals surface area contributed by atoms with Crippen LogP contribution in [0.25, 0.3) is 27.9 Å². The van der Waals surface area contributed by atoms with Gasteiger partial charge in [-0.05, 0) is 23.4 Å². The summed E-state index contributed by atoms with van der Waals surface area (Å²) in [6, 6.07) is 1.83. The zero-order valence-electron chi connectivity index (χ0n) is 14.2. The van der Waals surface area contributed by atoms with Gasteiger partial charge in [0.15, 0.2) is 5.65 Å². The molecule has 0 aliphatic carbocycles. The van der Waals surface area contributed by atoms with Gasteiger partial charge in [0.2, 0.25) is 0 Å². The van der Waals surface area contributed by atoms with Crippen LogP contribution in [0.15, 0.2) is 42.4 Å². The number of H-pyrrole nitrogens is 1. The average molecular weight is 382 g/mol. The van der Waals surface area contributed by atoms with Crippen molar-refractivity contribution < 1.29 is 9.18 Å². The monoisotopic (exact) mass is 382 g/mol. The number of rotatable bonds is 3. The minimum Gasteiger partial charge on any atom is -0.335 e. The van der Waals surface area contributed by atoms with Crippen LogP contribution in [0.3, 0.4) is 0 Å². The summed E-state index contributed by atoms with van der Waals surface area (Å²) in [6.45, 7) is 0.656. The van der Waals surface area contributed by atoms with Crippen molar-refractivity contribution in [2.75, 3.05) is 13.1 Å². The maximum atomic E-state index is 13.4. The fraction of sp³-hybridized carbons (Fsp3) is 0.222. The number of thiophene rings is 1. The molecule has 27 heavy (non-hydrogen) atoms. The Morgan fingerprint density at radius 2 is 2.19 bits per heavy atom. The van der Waals surface area contributed by atoms with Gasteiger partial charge in [0.1, 0.15) is 6.17 Å². The van der Waals surface area contributed by atoms with E-state index < -0.39 is 6.17 Å². The van der Waals surface area contributed by atoms with Crippen LogP contribution >= 0.6 is 11.3 Å². The molecule has 5 rings (SSSR count). The molecule has 1 saturated heterocycles. The molecule has 0 bridgehead atoms. The number of nitrogens with zero attached hydrogens (tertiary/aromatic N) is 5. The fourth-order valence-corrected chi connectivity index (χ4v) is 4.16. The Bertz CT molecular complexity index is 1120. The zero-order chi connectivity index (χ0) is 18.4. The largest absolute Gasteiger partial charge is 0.335 e. The van der Waals surface area contributed by atoms with Crippen molar-refractivity contribution in [1.29, 1.82) is 0 Å². The molecule has 0 radical (unpaired) electrons. The van der Waals surface area contributed by atoms with E-state index in [1.165, 1.54) is 11.3 Å². The van der Waals surface area contributed by atoms with Crippen LogP contribution in [0.5, 0.6) is 0 Å². The van der Waals surface area contributed by atoms with Crippen LogP contribution in [0, 0.1) is 0 Å². The van der Waals surface area contributed by atoms with Crippen LogP contribution in [-0.4, -0.2) is 54.9 Å². The Morgan fingerprint density at radius 1 is 1.26 bits per heavy atom. The predicted molar refractivity (Wildman–Crippen MR) is 99.3 cm³/mol. The van der Waals surface area contributed by atoms with Gasteiger partial charge in [0.05, 0.1) is 23.8 Å². The van der Waals surface area contributed by atoms with Crippen LogP contribution in [-0.2, 0) is 0 Å². The molecule has 136 valence electrons. The summed E-state index contributed by atoms with van der Waals surface area (Å²) < 4.78 is 15.1. The first-order valence-electron chi connectivity index (χ1n) is 8.54. The Morgan fingerprint density at radius 3 is 2.96 bits per heavy atom. The number of nitrogens with one attached hydrogen (secondary N) is 1. The van der Waals surface area contributed by atoms with Crippen LogP contribution < -0.4 is 0 Å². The van der Waals surface area contributed by atoms with Gasteiger partial charge in [-0.2, -0.15) is 10.2 Å². The Labute approximate surface area is 157 Å². The normalized spacial score (nSPS) is 17.1. The first-order valence-corrected chi connectivity index (χ1v) is 9.42. The van der Waals surface area contributed by atoms with E-state index >= 15 is 0 Å². The SMILES string of the molecule is O=C(c1cc(-c2cnn3cc(-c4cn[nH]c4)cnc23)cs1)N1CCC(F)C1. The number of carbonyl (C=O) groups is 1. The quantitative estimate of drug-likeness (QED) is 0.591. The van der Waals surface area contributed by atoms with E-state index in [0.29, 0.717) is 23.5 Å². The van der Waals surface area contributed by atoms with Gasteiger partial charge in [-0.3, -0.25) is 9.89 Å². The summed E-state index contributed by atoms with van der Waals surface area (Å²) in [6.07, 6.45) is 8.43. The highest BCUT2D eigenvalue weighted by Gasteiger charge is 2.27. The van der Waals surface area contributed by atoms with E-state index in [9.17, 15) is 9.18 Å². The molecule has 5 heterocycles. The summed E-state index contributed by atoms with van der Waals surface area (Å²) in [4.78, 5) is 19.3. The second-order valence-corrected chi connectivity index (χ2v) is 7.40. The Kier molecular flexibility index (Phi) is 3.75. The van der Waals surface area contributed by atoms with Crippen LogP contribution in [0.1, 0.15) is 16.1 Å². The summed E-state index contributed by atoms with van der Waals surface area (Å²) >= 11 is 1.36. The topological polar surface area (TPSA) is 79.2 Å². The fourth-order valence-electron chi connectivity index (χ4n) is 3.28. The number of amides is 1. The summed E-state index contributed by atoms with van der Waals surface area (Å²) in [5.74, 6) is -0.113. The van der Waals surface area contributed by atoms with Gasteiger partial charge in [0, 0.05) is 41.8 Å². The second-order valence-electron chi connectivity index (χ2n) is 6.49. The number of hydrogen-bond donors (Lipinski definition) is 1. The smallest absolute Gasteiger partial charge is 0.264 e. The third-order valence-corrected chi connectivity index (χ3v) is 5.65.